The minimum absolute atomic E-state index is 0.0174. The van der Waals surface area contributed by atoms with Gasteiger partial charge in [0.05, 0.1) is 12.2 Å². The van der Waals surface area contributed by atoms with Crippen molar-refractivity contribution in [3.63, 3.8) is 0 Å². The zero-order valence-electron chi connectivity index (χ0n) is 10.7. The highest BCUT2D eigenvalue weighted by Crippen LogP contribution is 2.13. The average molecular weight is 201 g/mol. The molecule has 0 bridgehead atoms. The molecule has 0 aliphatic heterocycles. The third-order valence-corrected chi connectivity index (χ3v) is 2.75. The minimum atomic E-state index is -0.0174. The molecule has 0 aliphatic carbocycles. The van der Waals surface area contributed by atoms with Crippen LogP contribution >= 0.6 is 0 Å². The van der Waals surface area contributed by atoms with E-state index in [-0.39, 0.29) is 11.1 Å². The molecule has 0 amide bonds. The van der Waals surface area contributed by atoms with Crippen LogP contribution in [0.5, 0.6) is 0 Å². The van der Waals surface area contributed by atoms with Crippen molar-refractivity contribution in [1.29, 1.82) is 0 Å². The normalized spacial score (nSPS) is 13.3. The predicted molar refractivity (Wildman–Crippen MR) is 62.7 cm³/mol. The summed E-state index contributed by atoms with van der Waals surface area (Å²) in [6.07, 6.45) is 2.33. The van der Waals surface area contributed by atoms with E-state index in [0.29, 0.717) is 0 Å². The summed E-state index contributed by atoms with van der Waals surface area (Å²) < 4.78 is 5.65. The van der Waals surface area contributed by atoms with Gasteiger partial charge in [-0.1, -0.05) is 13.8 Å². The number of ether oxygens (including phenoxy) is 1. The monoisotopic (exact) mass is 201 g/mol. The Kier molecular flexibility index (Phi) is 5.68. The molecule has 0 aromatic carbocycles. The number of rotatable bonds is 6. The predicted octanol–water partition coefficient (Wildman–Crippen LogP) is 2.97. The van der Waals surface area contributed by atoms with Crippen LogP contribution in [0.15, 0.2) is 0 Å². The Labute approximate surface area is 89.4 Å². The average Bonchev–Trinajstić information content (AvgIpc) is 2.11. The molecule has 0 saturated carbocycles. The summed E-state index contributed by atoms with van der Waals surface area (Å²) in [6.45, 7) is 14.7. The van der Waals surface area contributed by atoms with Crippen molar-refractivity contribution in [3.05, 3.63) is 0 Å². The molecule has 0 radical (unpaired) electrons. The van der Waals surface area contributed by atoms with Gasteiger partial charge in [-0.2, -0.15) is 0 Å². The van der Waals surface area contributed by atoms with Gasteiger partial charge in [-0.15, -0.1) is 0 Å². The van der Waals surface area contributed by atoms with Crippen molar-refractivity contribution in [1.82, 2.24) is 5.32 Å². The maximum absolute atomic E-state index is 5.65. The van der Waals surface area contributed by atoms with Crippen LogP contribution in [0.3, 0.4) is 0 Å². The van der Waals surface area contributed by atoms with E-state index in [9.17, 15) is 0 Å². The topological polar surface area (TPSA) is 21.3 Å². The van der Waals surface area contributed by atoms with E-state index in [2.05, 4.69) is 46.9 Å². The first-order valence-electron chi connectivity index (χ1n) is 5.72. The fourth-order valence-corrected chi connectivity index (χ4v) is 1.21. The smallest absolute Gasteiger partial charge is 0.0599 e. The van der Waals surface area contributed by atoms with Gasteiger partial charge in [0.2, 0.25) is 0 Å². The van der Waals surface area contributed by atoms with E-state index >= 15 is 0 Å². The Morgan fingerprint density at radius 1 is 1.00 bits per heavy atom. The first kappa shape index (κ1) is 13.9. The summed E-state index contributed by atoms with van der Waals surface area (Å²) in [6, 6.07) is 0. The highest BCUT2D eigenvalue weighted by atomic mass is 16.5. The fourth-order valence-electron chi connectivity index (χ4n) is 1.21. The Morgan fingerprint density at radius 2 is 1.50 bits per heavy atom. The highest BCUT2D eigenvalue weighted by molar-refractivity contribution is 4.79. The van der Waals surface area contributed by atoms with Crippen molar-refractivity contribution in [2.75, 3.05) is 13.2 Å². The zero-order chi connectivity index (χ0) is 11.2. The van der Waals surface area contributed by atoms with Gasteiger partial charge in [-0.25, -0.2) is 0 Å². The molecule has 2 nitrogen and oxygen atoms in total. The van der Waals surface area contributed by atoms with E-state index in [1.165, 1.54) is 12.8 Å². The molecule has 1 N–H and O–H groups in total. The van der Waals surface area contributed by atoms with Gasteiger partial charge in [0, 0.05) is 12.1 Å². The Bertz CT molecular complexity index is 145. The summed E-state index contributed by atoms with van der Waals surface area (Å²) in [4.78, 5) is 0. The molecule has 0 aromatic heterocycles. The van der Waals surface area contributed by atoms with E-state index in [4.69, 9.17) is 4.74 Å². The maximum Gasteiger partial charge on any atom is 0.0599 e. The van der Waals surface area contributed by atoms with E-state index < -0.39 is 0 Å². The summed E-state index contributed by atoms with van der Waals surface area (Å²) >= 11 is 0. The van der Waals surface area contributed by atoms with Crippen LogP contribution in [-0.2, 0) is 4.74 Å². The van der Waals surface area contributed by atoms with Crippen molar-refractivity contribution in [3.8, 4) is 0 Å². The third kappa shape index (κ3) is 6.39. The molecule has 2 heteroatoms. The van der Waals surface area contributed by atoms with Crippen LogP contribution in [0.25, 0.3) is 0 Å². The lowest BCUT2D eigenvalue weighted by molar-refractivity contribution is -0.00328. The summed E-state index contributed by atoms with van der Waals surface area (Å²) in [5.41, 5.74) is 0.262. The van der Waals surface area contributed by atoms with E-state index in [0.717, 1.165) is 13.2 Å². The lowest BCUT2D eigenvalue weighted by Gasteiger charge is -2.29. The molecule has 0 aromatic rings. The second kappa shape index (κ2) is 5.72. The molecule has 0 unspecified atom stereocenters. The van der Waals surface area contributed by atoms with Crippen molar-refractivity contribution < 1.29 is 4.74 Å². The second-order valence-electron chi connectivity index (χ2n) is 5.16. The molecular formula is C12H27NO. The first-order chi connectivity index (χ1) is 6.33. The Morgan fingerprint density at radius 3 is 1.86 bits per heavy atom. The molecule has 0 aliphatic rings. The molecule has 0 atom stereocenters. The number of hydrogen-bond acceptors (Lipinski definition) is 2. The Hall–Kier alpha value is -0.0800. The van der Waals surface area contributed by atoms with E-state index in [1.54, 1.807) is 0 Å². The standard InChI is InChI=1S/C12H27NO/c1-7-12(6,8-2)13-9-10-14-11(3,4)5/h13H,7-10H2,1-6H3. The molecular weight excluding hydrogens is 174 g/mol. The molecule has 0 rings (SSSR count). The first-order valence-corrected chi connectivity index (χ1v) is 5.72. The third-order valence-electron chi connectivity index (χ3n) is 2.75. The Balaban J connectivity index is 3.63. The molecule has 0 saturated heterocycles. The van der Waals surface area contributed by atoms with Crippen LogP contribution < -0.4 is 5.32 Å². The molecule has 14 heavy (non-hydrogen) atoms. The molecule has 0 fully saturated rings. The van der Waals surface area contributed by atoms with Gasteiger partial charge in [0.15, 0.2) is 0 Å². The SMILES string of the molecule is CCC(C)(CC)NCCOC(C)(C)C. The van der Waals surface area contributed by atoms with Crippen LogP contribution in [0.4, 0.5) is 0 Å². The molecule has 0 spiro atoms. The van der Waals surface area contributed by atoms with Crippen molar-refractivity contribution in [2.45, 2.75) is 65.5 Å². The second-order valence-corrected chi connectivity index (χ2v) is 5.16. The van der Waals surface area contributed by atoms with Gasteiger partial charge in [-0.3, -0.25) is 0 Å². The van der Waals surface area contributed by atoms with Gasteiger partial charge in [0.25, 0.3) is 0 Å². The lowest BCUT2D eigenvalue weighted by atomic mass is 9.96. The van der Waals surface area contributed by atoms with Crippen LogP contribution in [0, 0.1) is 0 Å². The van der Waals surface area contributed by atoms with Gasteiger partial charge >= 0.3 is 0 Å². The quantitative estimate of drug-likeness (QED) is 0.667. The van der Waals surface area contributed by atoms with Crippen LogP contribution in [0.1, 0.15) is 54.4 Å². The minimum Gasteiger partial charge on any atom is -0.375 e. The fraction of sp³-hybridized carbons (Fsp3) is 1.00. The van der Waals surface area contributed by atoms with Crippen molar-refractivity contribution >= 4 is 0 Å². The van der Waals surface area contributed by atoms with Gasteiger partial charge in [-0.05, 0) is 40.5 Å². The summed E-state index contributed by atoms with van der Waals surface area (Å²) in [5, 5.41) is 3.54. The van der Waals surface area contributed by atoms with Crippen LogP contribution in [0.2, 0.25) is 0 Å². The largest absolute Gasteiger partial charge is 0.375 e. The van der Waals surface area contributed by atoms with Gasteiger partial charge < -0.3 is 10.1 Å². The zero-order valence-corrected chi connectivity index (χ0v) is 10.7. The van der Waals surface area contributed by atoms with Gasteiger partial charge in [0.1, 0.15) is 0 Å². The van der Waals surface area contributed by atoms with Crippen LogP contribution in [-0.4, -0.2) is 24.3 Å². The van der Waals surface area contributed by atoms with Crippen molar-refractivity contribution in [2.24, 2.45) is 0 Å². The van der Waals surface area contributed by atoms with E-state index in [1.807, 2.05) is 0 Å². The molecule has 0 heterocycles. The number of hydrogen-bond donors (Lipinski definition) is 1. The maximum atomic E-state index is 5.65. The highest BCUT2D eigenvalue weighted by Gasteiger charge is 2.18. The molecule has 86 valence electrons. The lowest BCUT2D eigenvalue weighted by Crippen LogP contribution is -2.43. The number of nitrogens with one attached hydrogen (secondary N) is 1. The summed E-state index contributed by atoms with van der Waals surface area (Å²) in [5.74, 6) is 0. The summed E-state index contributed by atoms with van der Waals surface area (Å²) in [7, 11) is 0.